The highest BCUT2D eigenvalue weighted by molar-refractivity contribution is 5.79. The first kappa shape index (κ1) is 15.9. The second kappa shape index (κ2) is 7.54. The molecule has 0 unspecified atom stereocenters. The van der Waals surface area contributed by atoms with Crippen molar-refractivity contribution in [1.29, 1.82) is 0 Å². The van der Waals surface area contributed by atoms with Gasteiger partial charge in [0, 0.05) is 32.5 Å². The maximum atomic E-state index is 9.32. The molecule has 0 aliphatic rings. The molecule has 118 valence electrons. The van der Waals surface area contributed by atoms with Gasteiger partial charge in [-0.15, -0.1) is 0 Å². The van der Waals surface area contributed by atoms with Crippen LogP contribution in [0.5, 0.6) is 5.75 Å². The number of nitrogens with zero attached hydrogens (tertiary/aromatic N) is 3. The third-order valence-corrected chi connectivity index (χ3v) is 3.49. The van der Waals surface area contributed by atoms with E-state index >= 15 is 0 Å². The number of aliphatic imine (C=N–C) groups is 1. The highest BCUT2D eigenvalue weighted by Crippen LogP contribution is 2.11. The highest BCUT2D eigenvalue weighted by Gasteiger charge is 2.08. The van der Waals surface area contributed by atoms with Gasteiger partial charge in [-0.25, -0.2) is 4.99 Å². The van der Waals surface area contributed by atoms with E-state index in [0.717, 1.165) is 24.6 Å². The van der Waals surface area contributed by atoms with Crippen LogP contribution in [0.1, 0.15) is 18.2 Å². The van der Waals surface area contributed by atoms with Crippen LogP contribution >= 0.6 is 0 Å². The number of phenolic OH excluding ortho intramolecular Hbond substituents is 1. The lowest BCUT2D eigenvalue weighted by Gasteiger charge is -2.22. The fourth-order valence-electron chi connectivity index (χ4n) is 2.22. The maximum Gasteiger partial charge on any atom is 0.194 e. The molecule has 0 saturated heterocycles. The minimum absolute atomic E-state index is 0.278. The van der Waals surface area contributed by atoms with Gasteiger partial charge >= 0.3 is 0 Å². The molecule has 0 bridgehead atoms. The molecule has 1 aromatic heterocycles. The van der Waals surface area contributed by atoms with E-state index in [2.05, 4.69) is 32.8 Å². The largest absolute Gasteiger partial charge is 0.508 e. The zero-order valence-corrected chi connectivity index (χ0v) is 13.5. The van der Waals surface area contributed by atoms with Crippen molar-refractivity contribution in [3.8, 4) is 5.75 Å². The van der Waals surface area contributed by atoms with Crippen LogP contribution in [0.2, 0.25) is 0 Å². The molecule has 22 heavy (non-hydrogen) atoms. The van der Waals surface area contributed by atoms with E-state index in [1.54, 1.807) is 12.1 Å². The normalized spacial score (nSPS) is 11.5. The first-order valence-electron chi connectivity index (χ1n) is 7.47. The van der Waals surface area contributed by atoms with Gasteiger partial charge in [-0.05, 0) is 36.8 Å². The van der Waals surface area contributed by atoms with Crippen LogP contribution in [0.3, 0.4) is 0 Å². The summed E-state index contributed by atoms with van der Waals surface area (Å²) in [6.07, 6.45) is 2.05. The quantitative estimate of drug-likeness (QED) is 0.658. The topological polar surface area (TPSA) is 52.8 Å². The molecule has 0 spiro atoms. The minimum atomic E-state index is 0.278. The van der Waals surface area contributed by atoms with Gasteiger partial charge in [-0.3, -0.25) is 0 Å². The van der Waals surface area contributed by atoms with Crippen LogP contribution in [0.15, 0.2) is 47.6 Å². The Kier molecular flexibility index (Phi) is 5.47. The Bertz CT molecular complexity index is 616. The third-order valence-electron chi connectivity index (χ3n) is 3.49. The number of hydrogen-bond donors (Lipinski definition) is 2. The summed E-state index contributed by atoms with van der Waals surface area (Å²) in [5.41, 5.74) is 2.30. The van der Waals surface area contributed by atoms with Crippen molar-refractivity contribution in [1.82, 2.24) is 14.8 Å². The lowest BCUT2D eigenvalue weighted by molar-refractivity contribution is 0.462. The molecule has 0 fully saturated rings. The Labute approximate surface area is 131 Å². The number of aromatic nitrogens is 1. The number of nitrogens with one attached hydrogen (secondary N) is 1. The summed E-state index contributed by atoms with van der Waals surface area (Å²) in [6, 6.07) is 11.3. The molecular weight excluding hydrogens is 276 g/mol. The van der Waals surface area contributed by atoms with Gasteiger partial charge in [-0.1, -0.05) is 12.1 Å². The van der Waals surface area contributed by atoms with Crippen LogP contribution in [-0.2, 0) is 20.1 Å². The molecule has 2 rings (SSSR count). The van der Waals surface area contributed by atoms with Crippen LogP contribution in [0, 0.1) is 0 Å². The van der Waals surface area contributed by atoms with Gasteiger partial charge in [0.1, 0.15) is 5.75 Å². The average molecular weight is 300 g/mol. The molecule has 0 amide bonds. The van der Waals surface area contributed by atoms with Gasteiger partial charge in [-0.2, -0.15) is 0 Å². The smallest absolute Gasteiger partial charge is 0.194 e. The Morgan fingerprint density at radius 2 is 2.00 bits per heavy atom. The molecule has 0 saturated carbocycles. The van der Waals surface area contributed by atoms with Crippen molar-refractivity contribution >= 4 is 5.96 Å². The summed E-state index contributed by atoms with van der Waals surface area (Å²) in [7, 11) is 4.08. The lowest BCUT2D eigenvalue weighted by atomic mass is 10.2. The zero-order chi connectivity index (χ0) is 15.9. The zero-order valence-electron chi connectivity index (χ0n) is 13.5. The molecule has 0 aliphatic carbocycles. The maximum absolute atomic E-state index is 9.32. The van der Waals surface area contributed by atoms with Gasteiger partial charge in [0.2, 0.25) is 0 Å². The van der Waals surface area contributed by atoms with E-state index < -0.39 is 0 Å². The Morgan fingerprint density at radius 3 is 2.59 bits per heavy atom. The van der Waals surface area contributed by atoms with Gasteiger partial charge in [0.25, 0.3) is 0 Å². The van der Waals surface area contributed by atoms with E-state index in [0.29, 0.717) is 6.54 Å². The van der Waals surface area contributed by atoms with Gasteiger partial charge in [0.15, 0.2) is 5.96 Å². The van der Waals surface area contributed by atoms with Crippen LogP contribution in [0.4, 0.5) is 0 Å². The van der Waals surface area contributed by atoms with E-state index in [1.165, 1.54) is 5.69 Å². The van der Waals surface area contributed by atoms with Gasteiger partial charge in [0.05, 0.1) is 13.1 Å². The van der Waals surface area contributed by atoms with Crippen LogP contribution in [-0.4, -0.2) is 34.1 Å². The van der Waals surface area contributed by atoms with Crippen LogP contribution < -0.4 is 5.32 Å². The standard InChI is InChI=1S/C17H24N4O/c1-4-18-17(19-12-14-7-9-16(22)10-8-14)21(3)13-15-6-5-11-20(15)2/h5-11,22H,4,12-13H2,1-3H3,(H,18,19). The first-order chi connectivity index (χ1) is 10.6. The van der Waals surface area contributed by atoms with Crippen molar-refractivity contribution in [3.63, 3.8) is 0 Å². The molecular formula is C17H24N4O. The molecule has 5 heteroatoms. The summed E-state index contributed by atoms with van der Waals surface area (Å²) in [5, 5.41) is 12.6. The fraction of sp³-hybridized carbons (Fsp3) is 0.353. The minimum Gasteiger partial charge on any atom is -0.508 e. The monoisotopic (exact) mass is 300 g/mol. The van der Waals surface area contributed by atoms with Crippen molar-refractivity contribution in [3.05, 3.63) is 53.9 Å². The predicted octanol–water partition coefficient (Wildman–Crippen LogP) is 2.33. The first-order valence-corrected chi connectivity index (χ1v) is 7.47. The van der Waals surface area contributed by atoms with Gasteiger partial charge < -0.3 is 19.9 Å². The predicted molar refractivity (Wildman–Crippen MR) is 89.8 cm³/mol. The molecule has 0 atom stereocenters. The molecule has 0 radical (unpaired) electrons. The summed E-state index contributed by atoms with van der Waals surface area (Å²) >= 11 is 0. The average Bonchev–Trinajstić information content (AvgIpc) is 2.90. The molecule has 5 nitrogen and oxygen atoms in total. The van der Waals surface area contributed by atoms with E-state index in [1.807, 2.05) is 38.5 Å². The number of aromatic hydroxyl groups is 1. The number of guanidine groups is 1. The third kappa shape index (κ3) is 4.28. The van der Waals surface area contributed by atoms with Crippen molar-refractivity contribution in [2.24, 2.45) is 12.0 Å². The lowest BCUT2D eigenvalue weighted by Crippen LogP contribution is -2.38. The second-order valence-electron chi connectivity index (χ2n) is 5.30. The number of hydrogen-bond acceptors (Lipinski definition) is 2. The van der Waals surface area contributed by atoms with Crippen molar-refractivity contribution in [2.75, 3.05) is 13.6 Å². The summed E-state index contributed by atoms with van der Waals surface area (Å²) in [6.45, 7) is 4.27. The second-order valence-corrected chi connectivity index (χ2v) is 5.30. The summed E-state index contributed by atoms with van der Waals surface area (Å²) in [4.78, 5) is 6.77. The van der Waals surface area contributed by atoms with E-state index in [-0.39, 0.29) is 5.75 Å². The summed E-state index contributed by atoms with van der Waals surface area (Å²) in [5.74, 6) is 1.15. The van der Waals surface area contributed by atoms with E-state index in [9.17, 15) is 5.11 Å². The number of benzene rings is 1. The van der Waals surface area contributed by atoms with E-state index in [4.69, 9.17) is 0 Å². The van der Waals surface area contributed by atoms with Crippen LogP contribution in [0.25, 0.3) is 0 Å². The SMILES string of the molecule is CCNC(=NCc1ccc(O)cc1)N(C)Cc1cccn1C. The van der Waals surface area contributed by atoms with Crippen molar-refractivity contribution in [2.45, 2.75) is 20.0 Å². The Hall–Kier alpha value is -2.43. The Balaban J connectivity index is 2.05. The summed E-state index contributed by atoms with van der Waals surface area (Å²) < 4.78 is 2.11. The number of rotatable bonds is 5. The molecule has 0 aliphatic heterocycles. The van der Waals surface area contributed by atoms with Crippen molar-refractivity contribution < 1.29 is 5.11 Å². The molecule has 2 N–H and O–H groups in total. The molecule has 1 aromatic carbocycles. The number of phenols is 1. The molecule has 2 aromatic rings. The fourth-order valence-corrected chi connectivity index (χ4v) is 2.22. The highest BCUT2D eigenvalue weighted by atomic mass is 16.3. The Morgan fingerprint density at radius 1 is 1.27 bits per heavy atom. The number of aryl methyl sites for hydroxylation is 1. The molecule has 1 heterocycles.